The second kappa shape index (κ2) is 7.98. The van der Waals surface area contributed by atoms with Crippen LogP contribution in [0.15, 0.2) is 60.8 Å². The van der Waals surface area contributed by atoms with Crippen molar-refractivity contribution in [1.29, 1.82) is 0 Å². The van der Waals surface area contributed by atoms with Crippen molar-refractivity contribution >= 4 is 5.91 Å². The van der Waals surface area contributed by atoms with Crippen LogP contribution in [0.1, 0.15) is 22.3 Å². The van der Waals surface area contributed by atoms with E-state index in [0.717, 1.165) is 48.6 Å². The van der Waals surface area contributed by atoms with Crippen LogP contribution >= 0.6 is 0 Å². The van der Waals surface area contributed by atoms with E-state index >= 15 is 0 Å². The highest BCUT2D eigenvalue weighted by molar-refractivity contribution is 6.00. The van der Waals surface area contributed by atoms with Gasteiger partial charge in [0.15, 0.2) is 0 Å². The first kappa shape index (κ1) is 18.4. The molecule has 1 atom stereocenters. The predicted octanol–water partition coefficient (Wildman–Crippen LogP) is 3.53. The minimum atomic E-state index is 0.0686. The van der Waals surface area contributed by atoms with Crippen LogP contribution < -0.4 is 5.32 Å². The van der Waals surface area contributed by atoms with E-state index in [4.69, 9.17) is 5.10 Å². The van der Waals surface area contributed by atoms with Crippen LogP contribution in [-0.4, -0.2) is 47.3 Å². The van der Waals surface area contributed by atoms with Gasteiger partial charge in [0, 0.05) is 24.8 Å². The van der Waals surface area contributed by atoms with Gasteiger partial charge >= 0.3 is 0 Å². The summed E-state index contributed by atoms with van der Waals surface area (Å²) in [7, 11) is 1.96. The number of aromatic nitrogens is 2. The van der Waals surface area contributed by atoms with Crippen molar-refractivity contribution in [3.05, 3.63) is 71.9 Å². The van der Waals surface area contributed by atoms with E-state index in [1.54, 1.807) is 0 Å². The van der Waals surface area contributed by atoms with Crippen molar-refractivity contribution in [2.45, 2.75) is 13.3 Å². The summed E-state index contributed by atoms with van der Waals surface area (Å²) < 4.78 is 1.82. The highest BCUT2D eigenvalue weighted by atomic mass is 16.2. The summed E-state index contributed by atoms with van der Waals surface area (Å²) in [5, 5.41) is 8.04. The Morgan fingerprint density at radius 3 is 2.64 bits per heavy atom. The summed E-state index contributed by atoms with van der Waals surface area (Å²) in [6, 6.07) is 18.1. The molecule has 1 saturated heterocycles. The Morgan fingerprint density at radius 1 is 1.14 bits per heavy atom. The third-order valence-electron chi connectivity index (χ3n) is 5.43. The van der Waals surface area contributed by atoms with E-state index in [1.807, 2.05) is 71.4 Å². The van der Waals surface area contributed by atoms with Crippen LogP contribution in [0, 0.1) is 12.8 Å². The first-order valence-corrected chi connectivity index (χ1v) is 9.82. The fourth-order valence-corrected chi connectivity index (χ4v) is 3.92. The lowest BCUT2D eigenvalue weighted by Crippen LogP contribution is -2.30. The number of likely N-dealkylation sites (tertiary alicyclic amines) is 1. The molecule has 0 aliphatic carbocycles. The van der Waals surface area contributed by atoms with Crippen molar-refractivity contribution in [2.75, 3.05) is 26.7 Å². The molecule has 2 heterocycles. The maximum atomic E-state index is 13.4. The number of hydrogen-bond acceptors (Lipinski definition) is 3. The van der Waals surface area contributed by atoms with Gasteiger partial charge in [-0.2, -0.15) is 5.10 Å². The Balaban J connectivity index is 1.74. The van der Waals surface area contributed by atoms with Gasteiger partial charge in [-0.15, -0.1) is 0 Å². The molecule has 0 bridgehead atoms. The number of hydrogen-bond donors (Lipinski definition) is 1. The summed E-state index contributed by atoms with van der Waals surface area (Å²) in [5.41, 5.74) is 4.49. The fraction of sp³-hybridized carbons (Fsp3) is 0.304. The molecule has 144 valence electrons. The number of carbonyl (C=O) groups excluding carboxylic acids is 1. The number of carbonyl (C=O) groups is 1. The standard InChI is InChI=1S/C23H26N4O/c1-17-8-6-7-11-20(17)22-21(16-27(25-22)19-9-4-3-5-10-19)23(28)26-13-12-18(15-26)14-24-2/h3-11,16,18,24H,12-15H2,1-2H3. The van der Waals surface area contributed by atoms with Crippen LogP contribution in [0.4, 0.5) is 0 Å². The van der Waals surface area contributed by atoms with Gasteiger partial charge in [0.05, 0.1) is 11.3 Å². The average molecular weight is 374 g/mol. The monoisotopic (exact) mass is 374 g/mol. The normalized spacial score (nSPS) is 16.5. The van der Waals surface area contributed by atoms with Crippen molar-refractivity contribution in [1.82, 2.24) is 20.0 Å². The molecule has 5 heteroatoms. The molecule has 28 heavy (non-hydrogen) atoms. The maximum absolute atomic E-state index is 13.4. The number of nitrogens with zero attached hydrogens (tertiary/aromatic N) is 3. The zero-order chi connectivity index (χ0) is 19.5. The lowest BCUT2D eigenvalue weighted by molar-refractivity contribution is 0.0788. The van der Waals surface area contributed by atoms with E-state index < -0.39 is 0 Å². The maximum Gasteiger partial charge on any atom is 0.257 e. The lowest BCUT2D eigenvalue weighted by Gasteiger charge is -2.16. The molecule has 0 saturated carbocycles. The van der Waals surface area contributed by atoms with Crippen LogP contribution in [-0.2, 0) is 0 Å². The lowest BCUT2D eigenvalue weighted by atomic mass is 10.0. The largest absolute Gasteiger partial charge is 0.338 e. The molecule has 1 aromatic heterocycles. The highest BCUT2D eigenvalue weighted by Crippen LogP contribution is 2.29. The molecule has 1 amide bonds. The molecule has 3 aromatic rings. The molecule has 0 radical (unpaired) electrons. The molecular formula is C23H26N4O. The van der Waals surface area contributed by atoms with Crippen molar-refractivity contribution < 1.29 is 4.79 Å². The second-order valence-electron chi connectivity index (χ2n) is 7.45. The summed E-state index contributed by atoms with van der Waals surface area (Å²) >= 11 is 0. The molecule has 2 aromatic carbocycles. The Morgan fingerprint density at radius 2 is 1.89 bits per heavy atom. The van der Waals surface area contributed by atoms with Gasteiger partial charge in [-0.3, -0.25) is 4.79 Å². The molecular weight excluding hydrogens is 348 g/mol. The van der Waals surface area contributed by atoms with Gasteiger partial charge in [-0.05, 0) is 50.6 Å². The second-order valence-corrected chi connectivity index (χ2v) is 7.45. The van der Waals surface area contributed by atoms with Crippen LogP contribution in [0.2, 0.25) is 0 Å². The summed E-state index contributed by atoms with van der Waals surface area (Å²) in [6.07, 6.45) is 2.92. The Labute approximate surface area is 166 Å². The minimum absolute atomic E-state index is 0.0686. The van der Waals surface area contributed by atoms with Gasteiger partial charge in [-0.25, -0.2) is 4.68 Å². The Kier molecular flexibility index (Phi) is 5.26. The fourth-order valence-electron chi connectivity index (χ4n) is 3.92. The Bertz CT molecular complexity index is 964. The molecule has 0 spiro atoms. The van der Waals surface area contributed by atoms with Crippen LogP contribution in [0.5, 0.6) is 0 Å². The SMILES string of the molecule is CNCC1CCN(C(=O)c2cn(-c3ccccc3)nc2-c2ccccc2C)C1. The van der Waals surface area contributed by atoms with Crippen LogP contribution in [0.25, 0.3) is 16.9 Å². The first-order chi connectivity index (χ1) is 13.7. The van der Waals surface area contributed by atoms with Gasteiger partial charge in [0.25, 0.3) is 5.91 Å². The van der Waals surface area contributed by atoms with Crippen molar-refractivity contribution in [3.63, 3.8) is 0 Å². The van der Waals surface area contributed by atoms with Crippen LogP contribution in [0.3, 0.4) is 0 Å². The number of rotatable bonds is 5. The summed E-state index contributed by atoms with van der Waals surface area (Å²) in [4.78, 5) is 15.4. The summed E-state index contributed by atoms with van der Waals surface area (Å²) in [6.45, 7) is 4.60. The van der Waals surface area contributed by atoms with Crippen molar-refractivity contribution in [2.24, 2.45) is 5.92 Å². The van der Waals surface area contributed by atoms with Crippen molar-refractivity contribution in [3.8, 4) is 16.9 Å². The van der Waals surface area contributed by atoms with E-state index in [0.29, 0.717) is 11.5 Å². The molecule has 1 fully saturated rings. The number of benzene rings is 2. The molecule has 5 nitrogen and oxygen atoms in total. The third-order valence-corrected chi connectivity index (χ3v) is 5.43. The molecule has 1 unspecified atom stereocenters. The van der Waals surface area contributed by atoms with E-state index in [1.165, 1.54) is 0 Å². The third kappa shape index (κ3) is 3.58. The average Bonchev–Trinajstić information content (AvgIpc) is 3.36. The number of amides is 1. The van der Waals surface area contributed by atoms with E-state index in [-0.39, 0.29) is 5.91 Å². The van der Waals surface area contributed by atoms with Gasteiger partial charge in [0.2, 0.25) is 0 Å². The number of para-hydroxylation sites is 1. The predicted molar refractivity (Wildman–Crippen MR) is 112 cm³/mol. The van der Waals surface area contributed by atoms with E-state index in [2.05, 4.69) is 18.3 Å². The molecule has 1 N–H and O–H groups in total. The number of nitrogens with one attached hydrogen (secondary N) is 1. The molecule has 1 aliphatic rings. The topological polar surface area (TPSA) is 50.2 Å². The van der Waals surface area contributed by atoms with Gasteiger partial charge in [0.1, 0.15) is 5.69 Å². The Hall–Kier alpha value is -2.92. The zero-order valence-electron chi connectivity index (χ0n) is 16.4. The van der Waals surface area contributed by atoms with E-state index in [9.17, 15) is 4.79 Å². The van der Waals surface area contributed by atoms with Gasteiger partial charge in [-0.1, -0.05) is 42.5 Å². The highest BCUT2D eigenvalue weighted by Gasteiger charge is 2.29. The quantitative estimate of drug-likeness (QED) is 0.743. The minimum Gasteiger partial charge on any atom is -0.338 e. The first-order valence-electron chi connectivity index (χ1n) is 9.82. The summed E-state index contributed by atoms with van der Waals surface area (Å²) in [5.74, 6) is 0.582. The van der Waals surface area contributed by atoms with Gasteiger partial charge < -0.3 is 10.2 Å². The smallest absolute Gasteiger partial charge is 0.257 e. The molecule has 4 rings (SSSR count). The zero-order valence-corrected chi connectivity index (χ0v) is 16.4. The molecule has 1 aliphatic heterocycles. The number of aryl methyl sites for hydroxylation is 1.